The van der Waals surface area contributed by atoms with Crippen LogP contribution in [0.4, 0.5) is 0 Å². The molecule has 3 fully saturated rings. The van der Waals surface area contributed by atoms with Crippen molar-refractivity contribution >= 4 is 144 Å². The molecule has 3 saturated heterocycles. The number of amides is 16. The first kappa shape index (κ1) is 106. The fourth-order valence-corrected chi connectivity index (χ4v) is 14.1. The molecule has 700 valence electrons. The summed E-state index contributed by atoms with van der Waals surface area (Å²) in [5.41, 5.74) is 27.8. The number of hydrogen-bond donors (Lipinski definition) is 26. The van der Waals surface area contributed by atoms with E-state index >= 15 is 0 Å². The maximum absolute atomic E-state index is 14.6. The normalized spacial score (nSPS) is 18.0. The lowest BCUT2D eigenvalue weighted by molar-refractivity contribution is -0.144. The fourth-order valence-electron chi connectivity index (χ4n) is 13.6. The molecular formula is C76H119N23O25S2. The molecule has 50 heteroatoms. The van der Waals surface area contributed by atoms with Gasteiger partial charge in [-0.1, -0.05) is 26.0 Å². The number of carbonyl (C=O) groups is 19. The van der Waals surface area contributed by atoms with Crippen LogP contribution >= 0.6 is 25.3 Å². The largest absolute Gasteiger partial charge is 0.508 e. The first-order valence-corrected chi connectivity index (χ1v) is 41.9. The van der Waals surface area contributed by atoms with Crippen molar-refractivity contribution in [1.82, 2.24) is 88.5 Å². The Hall–Kier alpha value is -12.0. The van der Waals surface area contributed by atoms with Crippen LogP contribution in [0.1, 0.15) is 136 Å². The number of aliphatic imine (C=N–C) groups is 1. The molecule has 0 aliphatic carbocycles. The topological polar surface area (TPSA) is 771 Å². The maximum Gasteiger partial charge on any atom is 0.326 e. The van der Waals surface area contributed by atoms with E-state index in [9.17, 15) is 112 Å². The minimum absolute atomic E-state index is 0.0201. The molecule has 2 aromatic rings. The summed E-state index contributed by atoms with van der Waals surface area (Å²) in [5.74, 6) is -21.3. The molecule has 0 radical (unpaired) electrons. The van der Waals surface area contributed by atoms with Crippen LogP contribution in [0.5, 0.6) is 5.75 Å². The standard InChI is InChI=1S/C74H115N23O23S2.C2H4O2/c1-35(2)56(69(115)84-42(12-6-7-21-75)61(107)85-43(73(119)120)13-8-22-81-74(78)79)92-68(114)52-16-10-24-96(52)71(117)49(33-122)91-63(109)47(29-55(103)104)87-62(108)45(27-40-30-80-34-83-40)89-70(116)57(37(4)98)93-64(110)44(26-39-17-19-41(100)20-18-39)88-66(112)50-14-9-23-95(50)54(102)31-82-60(106)48(32-121)90-67(113)51-15-11-25-97(51)72(118)58(38(5)99)94-65(111)46(28-53(77)101)86-59(105)36(3)76;1-2(3)4/h17-20,30,34-38,42-52,56-58,98-100,121-122H,6-16,21-29,31-33,75-76H2,1-5H3,(H2,77,101)(H,80,83)(H,82,106)(H,84,115)(H,85,107)(H,86,105)(H,87,108)(H,88,112)(H,89,116)(H,90,113)(H,91,109)(H,92,114)(H,93,110)(H,94,111)(H,103,104)(H,119,120)(H4,78,79,81);1H3,(H,3,4)/t36-,37+,38+,42?,43?,44-,45-,46-,47-,48-,49-,50-,51-,52?,56?,57-,58-;/m0./s1. The number of aliphatic hydroxyl groups is 2. The Kier molecular flexibility index (Phi) is 44.4. The van der Waals surface area contributed by atoms with Crippen molar-refractivity contribution in [1.29, 1.82) is 0 Å². The van der Waals surface area contributed by atoms with Gasteiger partial charge in [-0.2, -0.15) is 25.3 Å². The van der Waals surface area contributed by atoms with Crippen LogP contribution in [0, 0.1) is 5.92 Å². The minimum atomic E-state index is -2.03. The number of guanidine groups is 1. The molecule has 3 aliphatic heterocycles. The molecule has 17 atom stereocenters. The Labute approximate surface area is 735 Å². The number of carboxylic acid groups (broad SMARTS) is 3. The number of primary amides is 1. The highest BCUT2D eigenvalue weighted by molar-refractivity contribution is 7.80. The van der Waals surface area contributed by atoms with Gasteiger partial charge in [-0.05, 0) is 122 Å². The average molecular weight is 1820 g/mol. The van der Waals surface area contributed by atoms with Gasteiger partial charge in [0, 0.05) is 69.3 Å². The van der Waals surface area contributed by atoms with Gasteiger partial charge in [0.05, 0.1) is 44.0 Å². The first-order chi connectivity index (χ1) is 59.3. The lowest BCUT2D eigenvalue weighted by Crippen LogP contribution is -2.62. The number of unbranched alkanes of at least 4 members (excludes halogenated alkanes) is 1. The number of phenolic OH excluding ortho intramolecular Hbond substituents is 1. The maximum atomic E-state index is 14.6. The number of thiol groups is 2. The number of nitrogens with zero attached hydrogens (tertiary/aromatic N) is 5. The Morgan fingerprint density at radius 3 is 1.48 bits per heavy atom. The number of imidazole rings is 1. The van der Waals surface area contributed by atoms with E-state index in [1.807, 2.05) is 0 Å². The number of phenols is 1. The van der Waals surface area contributed by atoms with Crippen molar-refractivity contribution < 1.29 is 122 Å². The monoisotopic (exact) mass is 1820 g/mol. The number of H-pyrrole nitrogens is 1. The summed E-state index contributed by atoms with van der Waals surface area (Å²) in [5, 5.41) is 88.7. The number of aromatic amines is 1. The lowest BCUT2D eigenvalue weighted by Gasteiger charge is -2.31. The van der Waals surface area contributed by atoms with Crippen molar-refractivity contribution in [3.05, 3.63) is 48.0 Å². The molecule has 29 N–H and O–H groups in total. The van der Waals surface area contributed by atoms with Gasteiger partial charge >= 0.3 is 11.9 Å². The summed E-state index contributed by atoms with van der Waals surface area (Å²) in [7, 11) is 0. The molecule has 0 bridgehead atoms. The summed E-state index contributed by atoms with van der Waals surface area (Å²) in [6.45, 7) is 7.24. The minimum Gasteiger partial charge on any atom is -0.508 e. The zero-order valence-electron chi connectivity index (χ0n) is 70.6. The van der Waals surface area contributed by atoms with E-state index in [0.717, 1.165) is 28.5 Å². The van der Waals surface area contributed by atoms with Crippen molar-refractivity contribution in [2.45, 2.75) is 241 Å². The molecule has 1 aromatic carbocycles. The van der Waals surface area contributed by atoms with E-state index in [2.05, 4.69) is 104 Å². The van der Waals surface area contributed by atoms with Crippen LogP contribution in [-0.4, -0.2) is 327 Å². The summed E-state index contributed by atoms with van der Waals surface area (Å²) in [6.07, 6.45) is -1.87. The molecule has 48 nitrogen and oxygen atoms in total. The zero-order valence-corrected chi connectivity index (χ0v) is 72.4. The van der Waals surface area contributed by atoms with Crippen molar-refractivity contribution in [3.8, 4) is 5.75 Å². The highest BCUT2D eigenvalue weighted by Crippen LogP contribution is 2.24. The van der Waals surface area contributed by atoms with Crippen LogP contribution in [0.2, 0.25) is 0 Å². The van der Waals surface area contributed by atoms with Crippen molar-refractivity contribution in [2.75, 3.05) is 50.8 Å². The van der Waals surface area contributed by atoms with E-state index in [4.69, 9.17) is 38.6 Å². The Balaban J connectivity index is 0.00000813. The molecular weight excluding hydrogens is 1700 g/mol. The molecule has 1 aromatic heterocycles. The van der Waals surface area contributed by atoms with Crippen LogP contribution < -0.4 is 92.5 Å². The molecule has 16 amide bonds. The summed E-state index contributed by atoms with van der Waals surface area (Å²) in [4.78, 5) is 269. The van der Waals surface area contributed by atoms with E-state index in [1.165, 1.54) is 50.6 Å². The van der Waals surface area contributed by atoms with Gasteiger partial charge in [0.15, 0.2) is 5.96 Å². The second kappa shape index (κ2) is 52.7. The van der Waals surface area contributed by atoms with Crippen LogP contribution in [0.25, 0.3) is 0 Å². The third-order valence-electron chi connectivity index (χ3n) is 20.2. The number of carbonyl (C=O) groups excluding carboxylic acids is 16. The summed E-state index contributed by atoms with van der Waals surface area (Å²) >= 11 is 8.51. The summed E-state index contributed by atoms with van der Waals surface area (Å²) in [6, 6.07) is -17.5. The third-order valence-corrected chi connectivity index (χ3v) is 20.9. The van der Waals surface area contributed by atoms with Crippen molar-refractivity contribution in [2.24, 2.45) is 39.6 Å². The van der Waals surface area contributed by atoms with E-state index in [1.54, 1.807) is 13.8 Å². The first-order valence-electron chi connectivity index (χ1n) is 40.6. The number of carboxylic acids is 3. The van der Waals surface area contributed by atoms with Crippen LogP contribution in [0.15, 0.2) is 41.8 Å². The number of nitrogens with one attached hydrogen (secondary N) is 13. The predicted molar refractivity (Wildman–Crippen MR) is 452 cm³/mol. The second-order valence-corrected chi connectivity index (χ2v) is 31.4. The Morgan fingerprint density at radius 1 is 0.516 bits per heavy atom. The van der Waals surface area contributed by atoms with Gasteiger partial charge in [0.1, 0.15) is 90.3 Å². The fraction of sp³-hybridized carbons (Fsp3) is 0.618. The highest BCUT2D eigenvalue weighted by Gasteiger charge is 2.45. The Bertz CT molecular complexity index is 4160. The van der Waals surface area contributed by atoms with Gasteiger partial charge in [-0.15, -0.1) is 0 Å². The number of aliphatic carboxylic acids is 3. The molecule has 5 rings (SSSR count). The summed E-state index contributed by atoms with van der Waals surface area (Å²) < 4.78 is 0. The molecule has 0 spiro atoms. The van der Waals surface area contributed by atoms with Crippen molar-refractivity contribution in [3.63, 3.8) is 0 Å². The van der Waals surface area contributed by atoms with Gasteiger partial charge in [-0.3, -0.25) is 91.3 Å². The van der Waals surface area contributed by atoms with Crippen LogP contribution in [0.3, 0.4) is 0 Å². The van der Waals surface area contributed by atoms with Crippen LogP contribution in [-0.2, 0) is 104 Å². The smallest absolute Gasteiger partial charge is 0.326 e. The van der Waals surface area contributed by atoms with E-state index < -0.39 is 253 Å². The highest BCUT2D eigenvalue weighted by atomic mass is 32.1. The number of hydrogen-bond acceptors (Lipinski definition) is 28. The SMILES string of the molecule is CC(=O)O.CC(C)C(NC(=O)C1CCCN1C(=O)[C@H](CS)NC(=O)[C@H](CC(=O)O)NC(=O)[C@H](Cc1cnc[nH]1)NC(=O)[C@@H](NC(=O)[C@H](Cc1ccc(O)cc1)NC(=O)[C@@H]1CCCN1C(=O)CNC(=O)[C@H](CS)NC(=O)[C@@H]1CCCN1C(=O)[C@@H](NC(=O)[C@H](CC(N)=O)NC(=O)[C@H](C)N)[C@@H](C)O)[C@@H](C)O)C(=O)NC(CCCCN)C(=O)NC(CCCN=C(N)N)C(=O)O. The number of nitrogens with two attached hydrogens (primary N) is 5. The molecule has 4 heterocycles. The molecule has 4 unspecified atom stereocenters. The Morgan fingerprint density at radius 2 is 0.968 bits per heavy atom. The number of likely N-dealkylation sites (tertiary alicyclic amines) is 3. The number of aromatic nitrogens is 2. The number of aromatic hydroxyl groups is 1. The van der Waals surface area contributed by atoms with E-state index in [-0.39, 0.29) is 120 Å². The average Bonchev–Trinajstić information content (AvgIpc) is 1.60. The number of aliphatic hydroxyl groups excluding tert-OH is 2. The second-order valence-electron chi connectivity index (χ2n) is 30.7. The van der Waals surface area contributed by atoms with E-state index in [0.29, 0.717) is 18.4 Å². The number of rotatable bonds is 49. The predicted octanol–water partition coefficient (Wildman–Crippen LogP) is -9.34. The third kappa shape index (κ3) is 34.5. The molecule has 3 aliphatic rings. The van der Waals surface area contributed by atoms with Gasteiger partial charge in [-0.25, -0.2) is 9.78 Å². The lowest BCUT2D eigenvalue weighted by atomic mass is 10.0. The van der Waals surface area contributed by atoms with Gasteiger partial charge in [0.25, 0.3) is 5.97 Å². The van der Waals surface area contributed by atoms with Gasteiger partial charge in [0.2, 0.25) is 94.5 Å². The van der Waals surface area contributed by atoms with Gasteiger partial charge < -0.3 is 143 Å². The molecule has 126 heavy (non-hydrogen) atoms. The molecule has 0 saturated carbocycles. The quantitative estimate of drug-likeness (QED) is 0.0127. The number of benzene rings is 1. The zero-order chi connectivity index (χ0) is 94.5.